The van der Waals surface area contributed by atoms with Crippen LogP contribution in [0, 0.1) is 0 Å². The van der Waals surface area contributed by atoms with Crippen LogP contribution >= 0.6 is 18.8 Å². The van der Waals surface area contributed by atoms with Gasteiger partial charge in [-0.2, -0.15) is 13.1 Å². The number of carbonyl (C=O) groups is 2. The Morgan fingerprint density at radius 2 is 1.27 bits per heavy atom. The Labute approximate surface area is 104 Å². The molecule has 15 heavy (non-hydrogen) atoms. The van der Waals surface area contributed by atoms with E-state index in [9.17, 15) is 9.59 Å². The van der Waals surface area contributed by atoms with Crippen LogP contribution in [0.1, 0.15) is 0 Å². The summed E-state index contributed by atoms with van der Waals surface area (Å²) in [5.41, 5.74) is 0. The van der Waals surface area contributed by atoms with Gasteiger partial charge in [0.15, 0.2) is 0 Å². The second-order valence-electron chi connectivity index (χ2n) is 2.04. The van der Waals surface area contributed by atoms with Crippen molar-refractivity contribution in [2.24, 2.45) is 0 Å². The Hall–Kier alpha value is 0.128. The molecule has 0 saturated heterocycles. The molecule has 0 saturated carbocycles. The molecule has 0 aromatic rings. The van der Waals surface area contributed by atoms with E-state index in [1.807, 2.05) is 0 Å². The third-order valence-electron chi connectivity index (χ3n) is 0.910. The molecule has 2 N–H and O–H groups in total. The summed E-state index contributed by atoms with van der Waals surface area (Å²) in [5.74, 6) is -1.98. The molecule has 0 bridgehead atoms. The fourth-order valence-electron chi connectivity index (χ4n) is 0.491. The second-order valence-corrected chi connectivity index (χ2v) is 5.33. The van der Waals surface area contributed by atoms with Crippen molar-refractivity contribution < 1.29 is 36.3 Å². The molecule has 0 heterocycles. The van der Waals surface area contributed by atoms with E-state index in [-0.39, 0.29) is 26.2 Å². The van der Waals surface area contributed by atoms with Crippen molar-refractivity contribution in [3.8, 4) is 0 Å². The molecule has 0 unspecified atom stereocenters. The Bertz CT molecular complexity index is 167. The molecule has 0 amide bonds. The predicted octanol–water partition coefficient (Wildman–Crippen LogP) is 1.28. The summed E-state index contributed by atoms with van der Waals surface area (Å²) in [6, 6.07) is 0. The summed E-state index contributed by atoms with van der Waals surface area (Å²) < 4.78 is 0. The van der Waals surface area contributed by atoms with Gasteiger partial charge in [0, 0.05) is 0 Å². The van der Waals surface area contributed by atoms with Crippen LogP contribution in [0.5, 0.6) is 0 Å². The van der Waals surface area contributed by atoms with Crippen LogP contribution in [0.2, 0.25) is 0 Å². The number of rotatable bonds is 7. The summed E-state index contributed by atoms with van der Waals surface area (Å²) >= 11 is -0.472. The Kier molecular flexibility index (Phi) is 16.5. The van der Waals surface area contributed by atoms with E-state index in [0.29, 0.717) is 0 Å². The van der Waals surface area contributed by atoms with Crippen LogP contribution in [-0.2, 0) is 26.1 Å². The molecule has 0 rings (SSSR count). The molecular formula is C6H10Cl2N2O4Pt. The molecule has 0 aliphatic carbocycles. The Morgan fingerprint density at radius 3 is 1.47 bits per heavy atom. The van der Waals surface area contributed by atoms with Gasteiger partial charge in [-0.15, -0.1) is 0 Å². The molecular weight excluding hydrogens is 430 g/mol. The molecule has 92 valence electrons. The van der Waals surface area contributed by atoms with Gasteiger partial charge < -0.3 is 20.8 Å². The third-order valence-corrected chi connectivity index (χ3v) is 0.910. The van der Waals surface area contributed by atoms with E-state index in [0.717, 1.165) is 0 Å². The first kappa shape index (κ1) is 17.5. The van der Waals surface area contributed by atoms with Crippen molar-refractivity contribution in [1.82, 2.24) is 0 Å². The van der Waals surface area contributed by atoms with Crippen molar-refractivity contribution in [3.63, 3.8) is 0 Å². The Balaban J connectivity index is 0. The molecule has 6 nitrogen and oxygen atoms in total. The zero-order valence-electron chi connectivity index (χ0n) is 7.51. The summed E-state index contributed by atoms with van der Waals surface area (Å²) in [4.78, 5) is 19.8. The first-order valence-corrected chi connectivity index (χ1v) is 9.20. The number of aliphatic carboxylic acids is 2. The zero-order chi connectivity index (χ0) is 12.1. The summed E-state index contributed by atoms with van der Waals surface area (Å²) in [5, 5.41) is 23.4. The van der Waals surface area contributed by atoms with Gasteiger partial charge in [-0.1, -0.05) is 0 Å². The molecule has 0 spiro atoms. The second kappa shape index (κ2) is 14.1. The van der Waals surface area contributed by atoms with E-state index in [4.69, 9.17) is 29.0 Å². The van der Waals surface area contributed by atoms with Gasteiger partial charge in [-0.3, -0.25) is 9.59 Å². The van der Waals surface area contributed by atoms with Crippen molar-refractivity contribution in [2.45, 2.75) is 0 Å². The van der Waals surface area contributed by atoms with Crippen molar-refractivity contribution >= 4 is 30.8 Å². The van der Waals surface area contributed by atoms with Gasteiger partial charge in [0.1, 0.15) is 0 Å². The molecule has 0 atom stereocenters. The van der Waals surface area contributed by atoms with Gasteiger partial charge in [0.25, 0.3) is 11.9 Å². The van der Waals surface area contributed by atoms with Crippen LogP contribution in [0.3, 0.4) is 0 Å². The number of carboxylic acid groups (broad SMARTS) is 2. The van der Waals surface area contributed by atoms with Crippen LogP contribution in [0.15, 0.2) is 0 Å². The van der Waals surface area contributed by atoms with E-state index in [1.54, 1.807) is 0 Å². The average Bonchev–Trinajstić information content (AvgIpc) is 2.11. The van der Waals surface area contributed by atoms with Crippen LogP contribution in [0.25, 0.3) is 10.6 Å². The van der Waals surface area contributed by atoms with Gasteiger partial charge in [-0.25, -0.2) is 0 Å². The monoisotopic (exact) mass is 439 g/mol. The van der Waals surface area contributed by atoms with Gasteiger partial charge in [0.2, 0.25) is 0 Å². The van der Waals surface area contributed by atoms with E-state index >= 15 is 0 Å². The average molecular weight is 440 g/mol. The topological polar surface area (TPSA) is 103 Å². The van der Waals surface area contributed by atoms with Gasteiger partial charge in [0.05, 0.1) is 0 Å². The number of nitrogens with zero attached hydrogens (tertiary/aromatic N) is 2. The van der Waals surface area contributed by atoms with Crippen LogP contribution < -0.4 is 0 Å². The van der Waals surface area contributed by atoms with E-state index in [2.05, 4.69) is 10.6 Å². The van der Waals surface area contributed by atoms with Crippen LogP contribution in [0.4, 0.5) is 0 Å². The quantitative estimate of drug-likeness (QED) is 0.583. The number of halogens is 2. The normalized spacial score (nSPS) is 9.20. The zero-order valence-corrected chi connectivity index (χ0v) is 11.3. The predicted molar refractivity (Wildman–Crippen MR) is 53.2 cm³/mol. The summed E-state index contributed by atoms with van der Waals surface area (Å²) in [6.45, 7) is 0.0321. The molecule has 9 heteroatoms. The molecule has 0 aliphatic heterocycles. The first-order valence-electron chi connectivity index (χ1n) is 3.57. The van der Waals surface area contributed by atoms with Gasteiger partial charge >= 0.3 is 35.3 Å². The Morgan fingerprint density at radius 1 is 1.00 bits per heavy atom. The summed E-state index contributed by atoms with van der Waals surface area (Å²) in [7, 11) is 9.75. The maximum absolute atomic E-state index is 9.92. The first-order chi connectivity index (χ1) is 7.04. The molecule has 0 aromatic carbocycles. The molecule has 0 fully saturated rings. The number of hydrogen-bond donors (Lipinski definition) is 2. The fraction of sp³-hybridized carbons (Fsp3) is 0.667. The van der Waals surface area contributed by atoms with Gasteiger partial charge in [-0.05, 0) is 13.1 Å². The van der Waals surface area contributed by atoms with Crippen molar-refractivity contribution in [3.05, 3.63) is 10.6 Å². The molecule has 0 radical (unpaired) electrons. The maximum atomic E-state index is 9.92. The molecule has 0 aliphatic rings. The number of carboxylic acids is 2. The standard InChI is InChI=1S/C6H10N2O4.2ClH.Pt/c9-5(10)3-7-1-2-8-4-6(11)12;;;/h1-4H2,(H,9,10)(H,11,12);2*1H;/q-2;;;+4/p-2. The van der Waals surface area contributed by atoms with E-state index in [1.165, 1.54) is 0 Å². The minimum atomic E-state index is -0.992. The van der Waals surface area contributed by atoms with E-state index < -0.39 is 28.4 Å². The van der Waals surface area contributed by atoms with Crippen molar-refractivity contribution in [2.75, 3.05) is 26.2 Å². The SMILES string of the molecule is O=C(O)C[N-]CC[N-]CC(=O)O.[Cl][Pt+2][Cl]. The molecule has 0 aromatic heterocycles. The number of hydrogen-bond acceptors (Lipinski definition) is 2. The minimum absolute atomic E-state index is 0.247. The fourth-order valence-corrected chi connectivity index (χ4v) is 0.491. The van der Waals surface area contributed by atoms with Crippen LogP contribution in [-0.4, -0.2) is 48.3 Å². The van der Waals surface area contributed by atoms with Crippen molar-refractivity contribution in [1.29, 1.82) is 0 Å². The summed E-state index contributed by atoms with van der Waals surface area (Å²) in [6.07, 6.45) is 0. The third kappa shape index (κ3) is 24.9.